The number of hydrogen-bond donors (Lipinski definition) is 0. The standard InChI is InChI=1S/C23H26BrN3O4S2/c24-18-5-3-17(4-6-18)16-32-23-25-21-14-20(33(28,29)26-9-12-30-13-10-26)7-8-22(21)27(23)15-19-2-1-11-31-19/h3-8,14,19H,1-2,9-13,15-16H2. The van der Waals surface area contributed by atoms with Gasteiger partial charge in [-0.3, -0.25) is 0 Å². The van der Waals surface area contributed by atoms with Gasteiger partial charge in [-0.2, -0.15) is 4.31 Å². The minimum atomic E-state index is -3.57. The number of imidazole rings is 1. The van der Waals surface area contributed by atoms with Gasteiger partial charge in [0.1, 0.15) is 0 Å². The van der Waals surface area contributed by atoms with Gasteiger partial charge in [0.05, 0.1) is 41.8 Å². The molecule has 176 valence electrons. The van der Waals surface area contributed by atoms with E-state index >= 15 is 0 Å². The summed E-state index contributed by atoms with van der Waals surface area (Å²) in [6.45, 7) is 3.11. The molecule has 0 bridgehead atoms. The first-order valence-corrected chi connectivity index (χ1v) is 14.3. The largest absolute Gasteiger partial charge is 0.379 e. The Labute approximate surface area is 206 Å². The molecule has 3 heterocycles. The quantitative estimate of drug-likeness (QED) is 0.408. The summed E-state index contributed by atoms with van der Waals surface area (Å²) >= 11 is 5.14. The number of nitrogens with zero attached hydrogens (tertiary/aromatic N) is 3. The van der Waals surface area contributed by atoms with Gasteiger partial charge in [0, 0.05) is 29.9 Å². The maximum absolute atomic E-state index is 13.1. The van der Waals surface area contributed by atoms with Crippen LogP contribution in [-0.4, -0.2) is 61.3 Å². The van der Waals surface area contributed by atoms with E-state index in [1.165, 1.54) is 9.87 Å². The van der Waals surface area contributed by atoms with Crippen LogP contribution in [0.4, 0.5) is 0 Å². The summed E-state index contributed by atoms with van der Waals surface area (Å²) in [5, 5.41) is 0.879. The summed E-state index contributed by atoms with van der Waals surface area (Å²) in [4.78, 5) is 5.14. The van der Waals surface area contributed by atoms with Crippen LogP contribution in [0.25, 0.3) is 11.0 Å². The molecule has 33 heavy (non-hydrogen) atoms. The second-order valence-corrected chi connectivity index (χ2v) is 12.0. The third-order valence-corrected chi connectivity index (χ3v) is 9.45. The van der Waals surface area contributed by atoms with Crippen molar-refractivity contribution >= 4 is 48.7 Å². The lowest BCUT2D eigenvalue weighted by molar-refractivity contribution is 0.0730. The first-order valence-electron chi connectivity index (χ1n) is 11.1. The van der Waals surface area contributed by atoms with E-state index in [-0.39, 0.29) is 11.0 Å². The Kier molecular flexibility index (Phi) is 7.10. The van der Waals surface area contributed by atoms with Crippen molar-refractivity contribution in [1.29, 1.82) is 0 Å². The van der Waals surface area contributed by atoms with E-state index < -0.39 is 10.0 Å². The molecule has 0 amide bonds. The zero-order valence-corrected chi connectivity index (χ0v) is 21.4. The molecule has 2 aliphatic rings. The zero-order valence-electron chi connectivity index (χ0n) is 18.2. The number of fused-ring (bicyclic) bond motifs is 1. The normalized spacial score (nSPS) is 20.0. The van der Waals surface area contributed by atoms with E-state index in [0.717, 1.165) is 40.3 Å². The van der Waals surface area contributed by atoms with Gasteiger partial charge in [0.25, 0.3) is 0 Å². The average Bonchev–Trinajstić information content (AvgIpc) is 3.47. The van der Waals surface area contributed by atoms with E-state index in [4.69, 9.17) is 14.5 Å². The van der Waals surface area contributed by atoms with Crippen LogP contribution in [0.15, 0.2) is 57.0 Å². The third kappa shape index (κ3) is 5.16. The Morgan fingerprint density at radius 2 is 1.88 bits per heavy atom. The summed E-state index contributed by atoms with van der Waals surface area (Å²) < 4.78 is 42.2. The van der Waals surface area contributed by atoms with Crippen LogP contribution in [0.2, 0.25) is 0 Å². The molecule has 0 aliphatic carbocycles. The van der Waals surface area contributed by atoms with E-state index in [1.54, 1.807) is 23.9 Å². The van der Waals surface area contributed by atoms with Gasteiger partial charge in [-0.1, -0.05) is 39.8 Å². The van der Waals surface area contributed by atoms with Crippen molar-refractivity contribution in [3.63, 3.8) is 0 Å². The van der Waals surface area contributed by atoms with Gasteiger partial charge in [-0.15, -0.1) is 0 Å². The maximum atomic E-state index is 13.1. The highest BCUT2D eigenvalue weighted by Crippen LogP contribution is 2.31. The van der Waals surface area contributed by atoms with Crippen LogP contribution < -0.4 is 0 Å². The lowest BCUT2D eigenvalue weighted by Gasteiger charge is -2.26. The molecule has 1 unspecified atom stereocenters. The molecule has 5 rings (SSSR count). The molecular weight excluding hydrogens is 526 g/mol. The molecule has 1 aromatic heterocycles. The number of ether oxygens (including phenoxy) is 2. The molecule has 2 aromatic carbocycles. The molecule has 1 atom stereocenters. The molecule has 2 saturated heterocycles. The second-order valence-electron chi connectivity index (χ2n) is 8.22. The van der Waals surface area contributed by atoms with Gasteiger partial charge >= 0.3 is 0 Å². The smallest absolute Gasteiger partial charge is 0.243 e. The number of thioether (sulfide) groups is 1. The lowest BCUT2D eigenvalue weighted by Crippen LogP contribution is -2.40. The number of rotatable bonds is 7. The van der Waals surface area contributed by atoms with Crippen LogP contribution in [0, 0.1) is 0 Å². The fraction of sp³-hybridized carbons (Fsp3) is 0.435. The average molecular weight is 553 g/mol. The van der Waals surface area contributed by atoms with Gasteiger partial charge in [0.2, 0.25) is 10.0 Å². The summed E-state index contributed by atoms with van der Waals surface area (Å²) in [7, 11) is -3.57. The third-order valence-electron chi connectivity index (χ3n) is 5.98. The van der Waals surface area contributed by atoms with Crippen molar-refractivity contribution in [2.75, 3.05) is 32.9 Å². The molecule has 2 aliphatic heterocycles. The van der Waals surface area contributed by atoms with E-state index in [2.05, 4.69) is 32.6 Å². The van der Waals surface area contributed by atoms with Crippen LogP contribution >= 0.6 is 27.7 Å². The van der Waals surface area contributed by atoms with Crippen molar-refractivity contribution in [2.24, 2.45) is 0 Å². The predicted molar refractivity (Wildman–Crippen MR) is 132 cm³/mol. The zero-order chi connectivity index (χ0) is 22.8. The molecule has 0 N–H and O–H groups in total. The summed E-state index contributed by atoms with van der Waals surface area (Å²) in [6, 6.07) is 13.5. The van der Waals surface area contributed by atoms with Crippen molar-refractivity contribution in [2.45, 2.75) is 41.3 Å². The second kappa shape index (κ2) is 10.1. The van der Waals surface area contributed by atoms with Crippen molar-refractivity contribution in [1.82, 2.24) is 13.9 Å². The van der Waals surface area contributed by atoms with Gasteiger partial charge in [-0.05, 0) is 48.7 Å². The Morgan fingerprint density at radius 3 is 2.61 bits per heavy atom. The lowest BCUT2D eigenvalue weighted by atomic mass is 10.2. The number of hydrogen-bond acceptors (Lipinski definition) is 6. The highest BCUT2D eigenvalue weighted by atomic mass is 79.9. The summed E-state index contributed by atoms with van der Waals surface area (Å²) in [5.41, 5.74) is 2.83. The number of morpholine rings is 1. The molecule has 10 heteroatoms. The van der Waals surface area contributed by atoms with E-state index in [9.17, 15) is 8.42 Å². The minimum absolute atomic E-state index is 0.159. The first kappa shape index (κ1) is 23.3. The van der Waals surface area contributed by atoms with Crippen LogP contribution in [0.5, 0.6) is 0 Å². The van der Waals surface area contributed by atoms with Crippen LogP contribution in [0.1, 0.15) is 18.4 Å². The van der Waals surface area contributed by atoms with Crippen molar-refractivity contribution in [3.8, 4) is 0 Å². The molecule has 0 saturated carbocycles. The van der Waals surface area contributed by atoms with E-state index in [0.29, 0.717) is 38.4 Å². The van der Waals surface area contributed by atoms with Crippen molar-refractivity contribution in [3.05, 3.63) is 52.5 Å². The SMILES string of the molecule is O=S(=O)(c1ccc2c(c1)nc(SCc1ccc(Br)cc1)n2CC1CCCO1)N1CCOCC1. The Morgan fingerprint density at radius 1 is 1.09 bits per heavy atom. The number of aromatic nitrogens is 2. The minimum Gasteiger partial charge on any atom is -0.379 e. The van der Waals surface area contributed by atoms with Crippen LogP contribution in [0.3, 0.4) is 0 Å². The first-order chi connectivity index (χ1) is 16.0. The van der Waals surface area contributed by atoms with Crippen molar-refractivity contribution < 1.29 is 17.9 Å². The Balaban J connectivity index is 1.46. The predicted octanol–water partition coefficient (Wildman–Crippen LogP) is 4.29. The molecular formula is C23H26BrN3O4S2. The molecule has 2 fully saturated rings. The molecule has 0 spiro atoms. The monoisotopic (exact) mass is 551 g/mol. The summed E-state index contributed by atoms with van der Waals surface area (Å²) in [5.74, 6) is 0.779. The maximum Gasteiger partial charge on any atom is 0.243 e. The number of halogens is 1. The van der Waals surface area contributed by atoms with Gasteiger partial charge < -0.3 is 14.0 Å². The molecule has 0 radical (unpaired) electrons. The summed E-state index contributed by atoms with van der Waals surface area (Å²) in [6.07, 6.45) is 2.26. The fourth-order valence-electron chi connectivity index (χ4n) is 4.19. The number of sulfonamides is 1. The highest BCUT2D eigenvalue weighted by molar-refractivity contribution is 9.10. The van der Waals surface area contributed by atoms with Crippen LogP contribution in [-0.2, 0) is 31.8 Å². The van der Waals surface area contributed by atoms with Gasteiger partial charge in [-0.25, -0.2) is 13.4 Å². The topological polar surface area (TPSA) is 73.7 Å². The molecule has 3 aromatic rings. The Bertz CT molecular complexity index is 1220. The fourth-order valence-corrected chi connectivity index (χ4v) is 6.86. The Hall–Kier alpha value is -1.43. The number of benzene rings is 2. The highest BCUT2D eigenvalue weighted by Gasteiger charge is 2.27. The van der Waals surface area contributed by atoms with Gasteiger partial charge in [0.15, 0.2) is 5.16 Å². The molecule has 7 nitrogen and oxygen atoms in total. The van der Waals surface area contributed by atoms with E-state index in [1.807, 2.05) is 18.2 Å².